The van der Waals surface area contributed by atoms with Crippen molar-refractivity contribution < 1.29 is 9.90 Å². The van der Waals surface area contributed by atoms with E-state index in [1.54, 1.807) is 30.3 Å². The standard InChI is InChI=1S/C14H8BrCl2NO2S/c15-8-4-7-10(18-14(20)13(7)19)5-11(8)21-12-3-6(16)1-2-9(12)17/h1-5,13,19H,(H,18,20). The van der Waals surface area contributed by atoms with E-state index in [0.29, 0.717) is 21.3 Å². The molecule has 3 nitrogen and oxygen atoms in total. The SMILES string of the molecule is O=C1Nc2cc(Sc3cc(Cl)ccc3Cl)c(Br)cc2C1O. The number of aliphatic hydroxyl groups excluding tert-OH is 1. The molecule has 0 saturated carbocycles. The second-order valence-electron chi connectivity index (χ2n) is 4.44. The van der Waals surface area contributed by atoms with E-state index >= 15 is 0 Å². The summed E-state index contributed by atoms with van der Waals surface area (Å²) in [5.41, 5.74) is 1.17. The van der Waals surface area contributed by atoms with Gasteiger partial charge in [-0.3, -0.25) is 4.79 Å². The zero-order valence-corrected chi connectivity index (χ0v) is 14.3. The van der Waals surface area contributed by atoms with Gasteiger partial charge in [-0.1, -0.05) is 35.0 Å². The Morgan fingerprint density at radius 1 is 1.19 bits per heavy atom. The Morgan fingerprint density at radius 2 is 1.95 bits per heavy atom. The molecule has 0 aliphatic carbocycles. The summed E-state index contributed by atoms with van der Waals surface area (Å²) in [4.78, 5) is 13.2. The molecule has 3 rings (SSSR count). The lowest BCUT2D eigenvalue weighted by molar-refractivity contribution is -0.123. The van der Waals surface area contributed by atoms with Gasteiger partial charge in [0.1, 0.15) is 0 Å². The summed E-state index contributed by atoms with van der Waals surface area (Å²) in [6, 6.07) is 8.77. The molecule has 2 aromatic rings. The quantitative estimate of drug-likeness (QED) is 0.748. The fraction of sp³-hybridized carbons (Fsp3) is 0.0714. The number of carbonyl (C=O) groups is 1. The molecule has 1 heterocycles. The fourth-order valence-corrected chi connectivity index (χ4v) is 3.99. The van der Waals surface area contributed by atoms with Gasteiger partial charge in [0.25, 0.3) is 5.91 Å². The second-order valence-corrected chi connectivity index (χ2v) is 7.22. The van der Waals surface area contributed by atoms with Crippen LogP contribution in [0.5, 0.6) is 0 Å². The molecule has 0 aromatic heterocycles. The number of nitrogens with one attached hydrogen (secondary N) is 1. The van der Waals surface area contributed by atoms with Crippen LogP contribution >= 0.6 is 50.9 Å². The maximum Gasteiger partial charge on any atom is 0.257 e. The highest BCUT2D eigenvalue weighted by Gasteiger charge is 2.29. The van der Waals surface area contributed by atoms with Crippen LogP contribution in [-0.2, 0) is 4.79 Å². The number of hydrogen-bond acceptors (Lipinski definition) is 3. The molecule has 0 fully saturated rings. The van der Waals surface area contributed by atoms with E-state index in [0.717, 1.165) is 14.3 Å². The van der Waals surface area contributed by atoms with Crippen LogP contribution in [0.15, 0.2) is 44.6 Å². The Balaban J connectivity index is 1.99. The summed E-state index contributed by atoms with van der Waals surface area (Å²) >= 11 is 17.0. The minimum Gasteiger partial charge on any atom is -0.378 e. The summed E-state index contributed by atoms with van der Waals surface area (Å²) in [6.07, 6.45) is -1.12. The normalized spacial score (nSPS) is 16.8. The number of carbonyl (C=O) groups excluding carboxylic acids is 1. The predicted molar refractivity (Wildman–Crippen MR) is 88.3 cm³/mol. The second kappa shape index (κ2) is 5.82. The fourth-order valence-electron chi connectivity index (χ4n) is 2.00. The van der Waals surface area contributed by atoms with Crippen LogP contribution in [0, 0.1) is 0 Å². The van der Waals surface area contributed by atoms with Gasteiger partial charge in [-0.15, -0.1) is 0 Å². The highest BCUT2D eigenvalue weighted by molar-refractivity contribution is 9.10. The monoisotopic (exact) mass is 403 g/mol. The maximum atomic E-state index is 11.5. The number of aliphatic hydroxyl groups is 1. The molecule has 108 valence electrons. The van der Waals surface area contributed by atoms with Crippen molar-refractivity contribution in [2.24, 2.45) is 0 Å². The largest absolute Gasteiger partial charge is 0.378 e. The van der Waals surface area contributed by atoms with Crippen molar-refractivity contribution in [1.29, 1.82) is 0 Å². The van der Waals surface area contributed by atoms with Gasteiger partial charge in [0.15, 0.2) is 6.10 Å². The van der Waals surface area contributed by atoms with Crippen molar-refractivity contribution in [3.05, 3.63) is 50.4 Å². The number of fused-ring (bicyclic) bond motifs is 1. The van der Waals surface area contributed by atoms with Gasteiger partial charge in [-0.25, -0.2) is 0 Å². The molecule has 2 aromatic carbocycles. The molecule has 0 spiro atoms. The Morgan fingerprint density at radius 3 is 2.71 bits per heavy atom. The smallest absolute Gasteiger partial charge is 0.257 e. The first kappa shape index (κ1) is 15.2. The average Bonchev–Trinajstić information content (AvgIpc) is 2.70. The first-order valence-corrected chi connectivity index (χ1v) is 8.27. The van der Waals surface area contributed by atoms with Crippen molar-refractivity contribution in [1.82, 2.24) is 0 Å². The van der Waals surface area contributed by atoms with E-state index in [1.807, 2.05) is 0 Å². The van der Waals surface area contributed by atoms with Gasteiger partial charge in [-0.2, -0.15) is 0 Å². The van der Waals surface area contributed by atoms with Crippen molar-refractivity contribution in [2.45, 2.75) is 15.9 Å². The Labute approximate surface area is 143 Å². The van der Waals surface area contributed by atoms with Gasteiger partial charge >= 0.3 is 0 Å². The lowest BCUT2D eigenvalue weighted by Crippen LogP contribution is -2.10. The molecule has 2 N–H and O–H groups in total. The van der Waals surface area contributed by atoms with Gasteiger partial charge in [-0.05, 0) is 46.3 Å². The van der Waals surface area contributed by atoms with Gasteiger partial charge < -0.3 is 10.4 Å². The first-order chi connectivity index (χ1) is 9.95. The highest BCUT2D eigenvalue weighted by Crippen LogP contribution is 2.43. The van der Waals surface area contributed by atoms with Crippen LogP contribution in [0.4, 0.5) is 5.69 Å². The van der Waals surface area contributed by atoms with Gasteiger partial charge in [0, 0.05) is 30.5 Å². The summed E-state index contributed by atoms with van der Waals surface area (Å²) < 4.78 is 0.776. The van der Waals surface area contributed by atoms with Crippen molar-refractivity contribution in [3.63, 3.8) is 0 Å². The third-order valence-corrected chi connectivity index (χ3v) is 5.73. The topological polar surface area (TPSA) is 49.3 Å². The zero-order valence-electron chi connectivity index (χ0n) is 10.4. The molecule has 0 saturated heterocycles. The summed E-state index contributed by atoms with van der Waals surface area (Å²) in [7, 11) is 0. The predicted octanol–water partition coefficient (Wildman–Crippen LogP) is 4.89. The third kappa shape index (κ3) is 2.94. The van der Waals surface area contributed by atoms with Gasteiger partial charge in [0.2, 0.25) is 0 Å². The number of anilines is 1. The lowest BCUT2D eigenvalue weighted by Gasteiger charge is -2.09. The maximum absolute atomic E-state index is 11.5. The molecule has 1 unspecified atom stereocenters. The van der Waals surface area contributed by atoms with E-state index < -0.39 is 12.0 Å². The van der Waals surface area contributed by atoms with E-state index in [-0.39, 0.29) is 0 Å². The van der Waals surface area contributed by atoms with E-state index in [9.17, 15) is 9.90 Å². The highest BCUT2D eigenvalue weighted by atomic mass is 79.9. The molecule has 0 radical (unpaired) electrons. The van der Waals surface area contributed by atoms with Crippen LogP contribution in [0.25, 0.3) is 0 Å². The number of benzene rings is 2. The Hall–Kier alpha value is -0.720. The van der Waals surface area contributed by atoms with Crippen LogP contribution in [0.2, 0.25) is 10.0 Å². The molecule has 1 amide bonds. The van der Waals surface area contributed by atoms with Crippen molar-refractivity contribution in [2.75, 3.05) is 5.32 Å². The third-order valence-electron chi connectivity index (χ3n) is 3.02. The Bertz CT molecular complexity index is 754. The number of halogens is 3. The lowest BCUT2D eigenvalue weighted by atomic mass is 10.1. The molecule has 1 aliphatic rings. The number of rotatable bonds is 2. The minimum atomic E-state index is -1.12. The molecule has 0 bridgehead atoms. The minimum absolute atomic E-state index is 0.417. The molecule has 1 atom stereocenters. The van der Waals surface area contributed by atoms with Crippen LogP contribution in [-0.4, -0.2) is 11.0 Å². The number of amides is 1. The summed E-state index contributed by atoms with van der Waals surface area (Å²) in [5.74, 6) is -0.417. The van der Waals surface area contributed by atoms with E-state index in [1.165, 1.54) is 11.8 Å². The molecule has 7 heteroatoms. The molecular formula is C14H8BrCl2NO2S. The summed E-state index contributed by atoms with van der Waals surface area (Å²) in [5, 5.41) is 13.6. The van der Waals surface area contributed by atoms with Crippen LogP contribution < -0.4 is 5.32 Å². The summed E-state index contributed by atoms with van der Waals surface area (Å²) in [6.45, 7) is 0. The average molecular weight is 405 g/mol. The van der Waals surface area contributed by atoms with Crippen molar-refractivity contribution >= 4 is 62.5 Å². The van der Waals surface area contributed by atoms with E-state index in [4.69, 9.17) is 23.2 Å². The molecule has 21 heavy (non-hydrogen) atoms. The van der Waals surface area contributed by atoms with Crippen LogP contribution in [0.3, 0.4) is 0 Å². The first-order valence-electron chi connectivity index (χ1n) is 5.91. The molecular weight excluding hydrogens is 397 g/mol. The zero-order chi connectivity index (χ0) is 15.1. The number of hydrogen-bond donors (Lipinski definition) is 2. The Kier molecular flexibility index (Phi) is 4.21. The van der Waals surface area contributed by atoms with E-state index in [2.05, 4.69) is 21.2 Å². The molecule has 1 aliphatic heterocycles. The van der Waals surface area contributed by atoms with Crippen molar-refractivity contribution in [3.8, 4) is 0 Å². The van der Waals surface area contributed by atoms with Crippen LogP contribution in [0.1, 0.15) is 11.7 Å². The van der Waals surface area contributed by atoms with Gasteiger partial charge in [0.05, 0.1) is 5.02 Å².